The Kier molecular flexibility index (Phi) is 9.95. The van der Waals surface area contributed by atoms with E-state index >= 15 is 0 Å². The Labute approximate surface area is 206 Å². The van der Waals surface area contributed by atoms with Crippen molar-refractivity contribution in [2.24, 2.45) is 0 Å². The third kappa shape index (κ3) is 7.68. The van der Waals surface area contributed by atoms with Crippen molar-refractivity contribution in [3.8, 4) is 5.75 Å². The molecule has 0 heterocycles. The van der Waals surface area contributed by atoms with E-state index in [1.165, 1.54) is 11.8 Å². The molecule has 3 rings (SSSR count). The van der Waals surface area contributed by atoms with Gasteiger partial charge in [0.1, 0.15) is 11.8 Å². The maximum absolute atomic E-state index is 13.4. The molecule has 0 spiro atoms. The van der Waals surface area contributed by atoms with Gasteiger partial charge in [-0.05, 0) is 54.7 Å². The molecular weight excluding hydrogens is 456 g/mol. The number of hydrogen-bond acceptors (Lipinski definition) is 4. The van der Waals surface area contributed by atoms with Crippen LogP contribution in [0.2, 0.25) is 5.02 Å². The van der Waals surface area contributed by atoms with Crippen molar-refractivity contribution in [1.82, 2.24) is 10.2 Å². The van der Waals surface area contributed by atoms with E-state index in [1.54, 1.807) is 12.0 Å². The fraction of sp³-hybridized carbons (Fsp3) is 0.462. The average Bonchev–Trinajstić information content (AvgIpc) is 3.32. The van der Waals surface area contributed by atoms with E-state index in [0.29, 0.717) is 29.5 Å². The number of nitrogens with zero attached hydrogens (tertiary/aromatic N) is 1. The van der Waals surface area contributed by atoms with Crippen molar-refractivity contribution in [1.29, 1.82) is 0 Å². The molecule has 0 radical (unpaired) electrons. The highest BCUT2D eigenvalue weighted by atomic mass is 35.5. The molecule has 2 amide bonds. The summed E-state index contributed by atoms with van der Waals surface area (Å²) in [5.74, 6) is 1.62. The molecule has 1 fully saturated rings. The van der Waals surface area contributed by atoms with E-state index in [0.717, 1.165) is 42.6 Å². The number of methoxy groups -OCH3 is 1. The minimum Gasteiger partial charge on any atom is -0.497 e. The fourth-order valence-electron chi connectivity index (χ4n) is 4.22. The van der Waals surface area contributed by atoms with Gasteiger partial charge in [0.05, 0.1) is 12.9 Å². The van der Waals surface area contributed by atoms with Crippen LogP contribution in [-0.4, -0.2) is 41.7 Å². The molecule has 1 saturated carbocycles. The normalized spacial score (nSPS) is 14.6. The van der Waals surface area contributed by atoms with Crippen LogP contribution < -0.4 is 10.1 Å². The van der Waals surface area contributed by atoms with Gasteiger partial charge >= 0.3 is 0 Å². The summed E-state index contributed by atoms with van der Waals surface area (Å²) >= 11 is 7.61. The minimum atomic E-state index is -0.504. The largest absolute Gasteiger partial charge is 0.497 e. The Hall–Kier alpha value is -2.18. The lowest BCUT2D eigenvalue weighted by molar-refractivity contribution is -0.139. The zero-order valence-electron chi connectivity index (χ0n) is 19.4. The maximum Gasteiger partial charge on any atom is 0.243 e. The molecule has 1 atom stereocenters. The second-order valence-corrected chi connectivity index (χ2v) is 9.83. The SMILES string of the molecule is CCC(C(=O)NC1CCCC1)N(Cc1cccc(OC)c1)C(=O)CSCc1cccc(Cl)c1. The third-order valence-electron chi connectivity index (χ3n) is 5.96. The summed E-state index contributed by atoms with van der Waals surface area (Å²) in [6, 6.07) is 15.0. The first kappa shape index (κ1) is 25.4. The van der Waals surface area contributed by atoms with Crippen molar-refractivity contribution in [2.45, 2.75) is 63.4 Å². The Bertz CT molecular complexity index is 933. The van der Waals surface area contributed by atoms with Crippen molar-refractivity contribution in [3.05, 3.63) is 64.7 Å². The molecule has 0 bridgehead atoms. The van der Waals surface area contributed by atoms with Gasteiger partial charge in [0.15, 0.2) is 0 Å². The first-order valence-electron chi connectivity index (χ1n) is 11.5. The molecule has 5 nitrogen and oxygen atoms in total. The van der Waals surface area contributed by atoms with Crippen molar-refractivity contribution < 1.29 is 14.3 Å². The first-order chi connectivity index (χ1) is 16.0. The number of carbonyl (C=O) groups is 2. The van der Waals surface area contributed by atoms with Crippen LogP contribution in [-0.2, 0) is 21.9 Å². The van der Waals surface area contributed by atoms with E-state index in [9.17, 15) is 9.59 Å². The smallest absolute Gasteiger partial charge is 0.243 e. The molecular formula is C26H33ClN2O3S. The third-order valence-corrected chi connectivity index (χ3v) is 7.18. The van der Waals surface area contributed by atoms with Gasteiger partial charge < -0.3 is 15.0 Å². The Morgan fingerprint density at radius 3 is 2.58 bits per heavy atom. The van der Waals surface area contributed by atoms with Crippen molar-refractivity contribution in [3.63, 3.8) is 0 Å². The van der Waals surface area contributed by atoms with E-state index in [-0.39, 0.29) is 17.9 Å². The van der Waals surface area contributed by atoms with Crippen molar-refractivity contribution >= 4 is 35.2 Å². The Balaban J connectivity index is 1.72. The van der Waals surface area contributed by atoms with Crippen LogP contribution in [0.3, 0.4) is 0 Å². The van der Waals surface area contributed by atoms with Crippen LogP contribution in [0.4, 0.5) is 0 Å². The zero-order valence-corrected chi connectivity index (χ0v) is 21.0. The molecule has 1 aliphatic carbocycles. The summed E-state index contributed by atoms with van der Waals surface area (Å²) in [6.45, 7) is 2.33. The number of ether oxygens (including phenoxy) is 1. The zero-order chi connectivity index (χ0) is 23.6. The van der Waals surface area contributed by atoms with E-state index in [2.05, 4.69) is 5.32 Å². The van der Waals surface area contributed by atoms with Gasteiger partial charge in [0.2, 0.25) is 11.8 Å². The second-order valence-electron chi connectivity index (χ2n) is 8.41. The number of carbonyl (C=O) groups excluding carboxylic acids is 2. The molecule has 0 aromatic heterocycles. The highest BCUT2D eigenvalue weighted by Crippen LogP contribution is 2.22. The standard InChI is InChI=1S/C26H33ClN2O3S/c1-3-24(26(31)28-22-11-4-5-12-22)29(16-19-8-7-13-23(15-19)32-2)25(30)18-33-17-20-9-6-10-21(27)14-20/h6-10,13-15,22,24H,3-5,11-12,16-18H2,1-2H3,(H,28,31). The van der Waals surface area contributed by atoms with Gasteiger partial charge in [-0.15, -0.1) is 11.8 Å². The second kappa shape index (κ2) is 12.9. The lowest BCUT2D eigenvalue weighted by atomic mass is 10.1. The molecule has 2 aromatic carbocycles. The van der Waals surface area contributed by atoms with Gasteiger partial charge in [-0.2, -0.15) is 0 Å². The Morgan fingerprint density at radius 1 is 1.15 bits per heavy atom. The van der Waals surface area contributed by atoms with Gasteiger partial charge in [-0.1, -0.05) is 55.6 Å². The summed E-state index contributed by atoms with van der Waals surface area (Å²) in [7, 11) is 1.62. The molecule has 0 aliphatic heterocycles. The van der Waals surface area contributed by atoms with Crippen molar-refractivity contribution in [2.75, 3.05) is 12.9 Å². The van der Waals surface area contributed by atoms with Crippen LogP contribution in [0.25, 0.3) is 0 Å². The molecule has 33 heavy (non-hydrogen) atoms. The molecule has 178 valence electrons. The van der Waals surface area contributed by atoms with Crippen LogP contribution in [0, 0.1) is 0 Å². The maximum atomic E-state index is 13.4. The number of halogens is 1. The highest BCUT2D eigenvalue weighted by Gasteiger charge is 2.30. The predicted octanol–water partition coefficient (Wildman–Crippen LogP) is 5.45. The van der Waals surface area contributed by atoms with Gasteiger partial charge in [0.25, 0.3) is 0 Å². The summed E-state index contributed by atoms with van der Waals surface area (Å²) in [5.41, 5.74) is 2.01. The highest BCUT2D eigenvalue weighted by molar-refractivity contribution is 7.99. The molecule has 1 unspecified atom stereocenters. The monoisotopic (exact) mass is 488 g/mol. The molecule has 0 saturated heterocycles. The molecule has 1 aliphatic rings. The average molecular weight is 489 g/mol. The van der Waals surface area contributed by atoms with Crippen LogP contribution in [0.15, 0.2) is 48.5 Å². The topological polar surface area (TPSA) is 58.6 Å². The van der Waals surface area contributed by atoms with Gasteiger partial charge in [0, 0.05) is 23.4 Å². The van der Waals surface area contributed by atoms with Gasteiger partial charge in [-0.25, -0.2) is 0 Å². The molecule has 2 aromatic rings. The lowest BCUT2D eigenvalue weighted by Crippen LogP contribution is -2.51. The summed E-state index contributed by atoms with van der Waals surface area (Å²) in [4.78, 5) is 28.3. The fourth-order valence-corrected chi connectivity index (χ4v) is 5.29. The molecule has 1 N–H and O–H groups in total. The Morgan fingerprint density at radius 2 is 1.88 bits per heavy atom. The van der Waals surface area contributed by atoms with Crippen LogP contribution in [0.5, 0.6) is 5.75 Å². The number of nitrogens with one attached hydrogen (secondary N) is 1. The number of hydrogen-bond donors (Lipinski definition) is 1. The summed E-state index contributed by atoms with van der Waals surface area (Å²) in [5, 5.41) is 3.87. The summed E-state index contributed by atoms with van der Waals surface area (Å²) in [6.07, 6.45) is 4.89. The quantitative estimate of drug-likeness (QED) is 0.457. The van der Waals surface area contributed by atoms with E-state index in [1.807, 2.05) is 55.5 Å². The number of thioether (sulfide) groups is 1. The van der Waals surface area contributed by atoms with Gasteiger partial charge in [-0.3, -0.25) is 9.59 Å². The van der Waals surface area contributed by atoms with Crippen LogP contribution >= 0.6 is 23.4 Å². The molecule has 7 heteroatoms. The van der Waals surface area contributed by atoms with E-state index in [4.69, 9.17) is 16.3 Å². The first-order valence-corrected chi connectivity index (χ1v) is 13.1. The summed E-state index contributed by atoms with van der Waals surface area (Å²) < 4.78 is 5.35. The predicted molar refractivity (Wildman–Crippen MR) is 136 cm³/mol. The van der Waals surface area contributed by atoms with Crippen LogP contribution in [0.1, 0.15) is 50.2 Å². The van der Waals surface area contributed by atoms with E-state index < -0.39 is 6.04 Å². The number of benzene rings is 2. The lowest BCUT2D eigenvalue weighted by Gasteiger charge is -2.31. The minimum absolute atomic E-state index is 0.0433. The number of amides is 2. The number of rotatable bonds is 11.